The van der Waals surface area contributed by atoms with Crippen molar-refractivity contribution < 1.29 is 4.79 Å². The van der Waals surface area contributed by atoms with Gasteiger partial charge in [-0.25, -0.2) is 0 Å². The molecule has 1 aromatic carbocycles. The van der Waals surface area contributed by atoms with Crippen molar-refractivity contribution >= 4 is 11.6 Å². The van der Waals surface area contributed by atoms with E-state index in [1.807, 2.05) is 24.3 Å². The van der Waals surface area contributed by atoms with Crippen LogP contribution in [0.15, 0.2) is 36.7 Å². The van der Waals surface area contributed by atoms with Crippen LogP contribution in [0.3, 0.4) is 0 Å². The van der Waals surface area contributed by atoms with E-state index < -0.39 is 0 Å². The molecule has 1 aliphatic heterocycles. The first kappa shape index (κ1) is 15.7. The van der Waals surface area contributed by atoms with Crippen LogP contribution in [-0.4, -0.2) is 34.0 Å². The highest BCUT2D eigenvalue weighted by molar-refractivity contribution is 5.90. The molecule has 122 valence electrons. The van der Waals surface area contributed by atoms with Gasteiger partial charge >= 0.3 is 0 Å². The molecule has 0 aliphatic carbocycles. The van der Waals surface area contributed by atoms with Gasteiger partial charge in [0.05, 0.1) is 18.1 Å². The first-order chi connectivity index (χ1) is 11.2. The Morgan fingerprint density at radius 1 is 1.35 bits per heavy atom. The van der Waals surface area contributed by atoms with E-state index in [0.717, 1.165) is 24.5 Å². The molecule has 6 heteroatoms. The molecule has 1 amide bonds. The second kappa shape index (κ2) is 7.37. The molecule has 0 spiro atoms. The SMILES string of the molecule is CC(CC(=O)Nc1ccc(-n2nccn2)cc1)C1CCCNC1. The average Bonchev–Trinajstić information content (AvgIpc) is 3.11. The third kappa shape index (κ3) is 4.16. The maximum Gasteiger partial charge on any atom is 0.224 e. The topological polar surface area (TPSA) is 71.8 Å². The van der Waals surface area contributed by atoms with E-state index in [1.54, 1.807) is 17.2 Å². The zero-order valence-electron chi connectivity index (χ0n) is 13.4. The maximum absolute atomic E-state index is 12.2. The van der Waals surface area contributed by atoms with E-state index in [-0.39, 0.29) is 5.91 Å². The highest BCUT2D eigenvalue weighted by atomic mass is 16.1. The molecule has 1 fully saturated rings. The molecule has 2 atom stereocenters. The summed E-state index contributed by atoms with van der Waals surface area (Å²) >= 11 is 0. The van der Waals surface area contributed by atoms with Gasteiger partial charge < -0.3 is 10.6 Å². The molecule has 0 bridgehead atoms. The second-order valence-corrected chi connectivity index (χ2v) is 6.20. The summed E-state index contributed by atoms with van der Waals surface area (Å²) in [4.78, 5) is 13.8. The molecule has 3 rings (SSSR count). The number of carbonyl (C=O) groups excluding carboxylic acids is 1. The number of aromatic nitrogens is 3. The summed E-state index contributed by atoms with van der Waals surface area (Å²) in [6, 6.07) is 7.54. The minimum atomic E-state index is 0.0769. The van der Waals surface area contributed by atoms with E-state index >= 15 is 0 Å². The number of anilines is 1. The van der Waals surface area contributed by atoms with E-state index in [1.165, 1.54) is 12.8 Å². The summed E-state index contributed by atoms with van der Waals surface area (Å²) < 4.78 is 0. The molecule has 1 aliphatic rings. The molecule has 6 nitrogen and oxygen atoms in total. The fraction of sp³-hybridized carbons (Fsp3) is 0.471. The summed E-state index contributed by atoms with van der Waals surface area (Å²) in [5.41, 5.74) is 1.68. The third-order valence-electron chi connectivity index (χ3n) is 4.45. The molecule has 0 saturated carbocycles. The van der Waals surface area contributed by atoms with Crippen molar-refractivity contribution in [3.05, 3.63) is 36.7 Å². The van der Waals surface area contributed by atoms with Gasteiger partial charge in [-0.3, -0.25) is 4.79 Å². The first-order valence-corrected chi connectivity index (χ1v) is 8.19. The van der Waals surface area contributed by atoms with Crippen molar-refractivity contribution in [1.82, 2.24) is 20.3 Å². The van der Waals surface area contributed by atoms with Crippen molar-refractivity contribution in [3.63, 3.8) is 0 Å². The lowest BCUT2D eigenvalue weighted by molar-refractivity contribution is -0.117. The van der Waals surface area contributed by atoms with Gasteiger partial charge in [0.15, 0.2) is 0 Å². The van der Waals surface area contributed by atoms with E-state index in [9.17, 15) is 4.79 Å². The molecule has 23 heavy (non-hydrogen) atoms. The Balaban J connectivity index is 1.53. The molecule has 2 aromatic rings. The molecule has 1 saturated heterocycles. The number of hydrogen-bond donors (Lipinski definition) is 2. The van der Waals surface area contributed by atoms with Crippen molar-refractivity contribution in [1.29, 1.82) is 0 Å². The van der Waals surface area contributed by atoms with Crippen LogP contribution in [0.5, 0.6) is 0 Å². The van der Waals surface area contributed by atoms with Crippen molar-refractivity contribution in [3.8, 4) is 5.69 Å². The largest absolute Gasteiger partial charge is 0.326 e. The van der Waals surface area contributed by atoms with Crippen LogP contribution in [0.25, 0.3) is 5.69 Å². The minimum absolute atomic E-state index is 0.0769. The first-order valence-electron chi connectivity index (χ1n) is 8.19. The molecule has 0 radical (unpaired) electrons. The van der Waals surface area contributed by atoms with Gasteiger partial charge in [0.2, 0.25) is 5.91 Å². The Bertz CT molecular complexity index is 617. The van der Waals surface area contributed by atoms with Crippen molar-refractivity contribution in [2.45, 2.75) is 26.2 Å². The Labute approximate surface area is 136 Å². The Morgan fingerprint density at radius 2 is 2.09 bits per heavy atom. The van der Waals surface area contributed by atoms with Gasteiger partial charge in [0.25, 0.3) is 0 Å². The lowest BCUT2D eigenvalue weighted by Crippen LogP contribution is -2.34. The van der Waals surface area contributed by atoms with Gasteiger partial charge in [-0.1, -0.05) is 6.92 Å². The van der Waals surface area contributed by atoms with Crippen LogP contribution in [0.4, 0.5) is 5.69 Å². The summed E-state index contributed by atoms with van der Waals surface area (Å²) in [5.74, 6) is 1.08. The number of nitrogens with zero attached hydrogens (tertiary/aromatic N) is 3. The number of piperidine rings is 1. The standard InChI is InChI=1S/C17H23N5O/c1-13(14-3-2-8-18-12-14)11-17(23)21-15-4-6-16(7-5-15)22-19-9-10-20-22/h4-7,9-10,13-14,18H,2-3,8,11-12H2,1H3,(H,21,23). The number of rotatable bonds is 5. The van der Waals surface area contributed by atoms with Crippen LogP contribution in [-0.2, 0) is 4.79 Å². The zero-order chi connectivity index (χ0) is 16.1. The van der Waals surface area contributed by atoms with E-state index in [0.29, 0.717) is 18.3 Å². The molecular formula is C17H23N5O. The predicted molar refractivity (Wildman–Crippen MR) is 89.4 cm³/mol. The maximum atomic E-state index is 12.2. The molecular weight excluding hydrogens is 290 g/mol. The summed E-state index contributed by atoms with van der Waals surface area (Å²) in [6.45, 7) is 4.30. The monoisotopic (exact) mass is 313 g/mol. The fourth-order valence-corrected chi connectivity index (χ4v) is 3.06. The molecule has 2 N–H and O–H groups in total. The van der Waals surface area contributed by atoms with Crippen molar-refractivity contribution in [2.24, 2.45) is 11.8 Å². The highest BCUT2D eigenvalue weighted by Crippen LogP contribution is 2.23. The number of amides is 1. The van der Waals surface area contributed by atoms with Crippen molar-refractivity contribution in [2.75, 3.05) is 18.4 Å². The predicted octanol–water partition coefficient (Wildman–Crippen LogP) is 2.23. The zero-order valence-corrected chi connectivity index (χ0v) is 13.4. The van der Waals surface area contributed by atoms with Gasteiger partial charge in [0, 0.05) is 12.1 Å². The lowest BCUT2D eigenvalue weighted by atomic mass is 9.85. The normalized spacial score (nSPS) is 19.3. The number of carbonyl (C=O) groups is 1. The van der Waals surface area contributed by atoms with Crippen LogP contribution in [0.2, 0.25) is 0 Å². The number of benzene rings is 1. The summed E-state index contributed by atoms with van der Waals surface area (Å²) in [5, 5.41) is 14.5. The Kier molecular flexibility index (Phi) is 5.02. The Morgan fingerprint density at radius 3 is 2.74 bits per heavy atom. The van der Waals surface area contributed by atoms with E-state index in [4.69, 9.17) is 0 Å². The number of hydrogen-bond acceptors (Lipinski definition) is 4. The van der Waals surface area contributed by atoms with Crippen LogP contribution >= 0.6 is 0 Å². The second-order valence-electron chi connectivity index (χ2n) is 6.20. The Hall–Kier alpha value is -2.21. The average molecular weight is 313 g/mol. The summed E-state index contributed by atoms with van der Waals surface area (Å²) in [7, 11) is 0. The van der Waals surface area contributed by atoms with Gasteiger partial charge in [-0.15, -0.1) is 0 Å². The molecule has 2 heterocycles. The van der Waals surface area contributed by atoms with Gasteiger partial charge in [-0.2, -0.15) is 15.0 Å². The summed E-state index contributed by atoms with van der Waals surface area (Å²) in [6.07, 6.45) is 6.26. The molecule has 1 aromatic heterocycles. The molecule has 2 unspecified atom stereocenters. The van der Waals surface area contributed by atoms with Crippen LogP contribution in [0.1, 0.15) is 26.2 Å². The third-order valence-corrected chi connectivity index (χ3v) is 4.45. The smallest absolute Gasteiger partial charge is 0.224 e. The van der Waals surface area contributed by atoms with Gasteiger partial charge in [-0.05, 0) is 62.0 Å². The quantitative estimate of drug-likeness (QED) is 0.888. The van der Waals surface area contributed by atoms with Gasteiger partial charge in [0.1, 0.15) is 0 Å². The van der Waals surface area contributed by atoms with E-state index in [2.05, 4.69) is 27.8 Å². The van der Waals surface area contributed by atoms with Crippen LogP contribution < -0.4 is 10.6 Å². The minimum Gasteiger partial charge on any atom is -0.326 e. The highest BCUT2D eigenvalue weighted by Gasteiger charge is 2.21. The number of nitrogens with one attached hydrogen (secondary N) is 2. The lowest BCUT2D eigenvalue weighted by Gasteiger charge is -2.28. The van der Waals surface area contributed by atoms with Crippen LogP contribution in [0, 0.1) is 11.8 Å². The fourth-order valence-electron chi connectivity index (χ4n) is 3.06.